The Morgan fingerprint density at radius 1 is 0.375 bits per heavy atom. The molecular formula is C36H75O3P. The Morgan fingerprint density at radius 2 is 0.575 bits per heavy atom. The van der Waals surface area contributed by atoms with E-state index in [-0.39, 0.29) is 16.2 Å². The standard InChI is InChI=1S/C36H75O3P/c1-31(2,3)22-19-28(34(10,11)12)25-37-40(38-26-29(35(13,14)15)20-23-32(4,5)6)39-27-30(36(16,17)18)21-24-33(7,8)9/h28-30H,19-27H2,1-18H3. The van der Waals surface area contributed by atoms with Gasteiger partial charge in [-0.05, 0) is 88.8 Å². The Balaban J connectivity index is 5.76. The van der Waals surface area contributed by atoms with Gasteiger partial charge in [0.05, 0.1) is 19.8 Å². The van der Waals surface area contributed by atoms with Crippen molar-refractivity contribution < 1.29 is 13.6 Å². The largest absolute Gasteiger partial charge is 0.332 e. The first-order valence-corrected chi connectivity index (χ1v) is 17.4. The Morgan fingerprint density at radius 3 is 0.725 bits per heavy atom. The smallest absolute Gasteiger partial charge is 0.312 e. The average molecular weight is 587 g/mol. The topological polar surface area (TPSA) is 27.7 Å². The van der Waals surface area contributed by atoms with Crippen LogP contribution in [0.4, 0.5) is 0 Å². The minimum Gasteiger partial charge on any atom is -0.312 e. The molecule has 0 aliphatic rings. The van der Waals surface area contributed by atoms with Crippen LogP contribution in [-0.2, 0) is 13.6 Å². The normalized spacial score (nSPS) is 17.6. The molecule has 0 aromatic rings. The molecule has 3 nitrogen and oxygen atoms in total. The van der Waals surface area contributed by atoms with Gasteiger partial charge in [-0.1, -0.05) is 125 Å². The van der Waals surface area contributed by atoms with Crippen LogP contribution in [-0.4, -0.2) is 19.8 Å². The maximum atomic E-state index is 6.63. The first-order valence-electron chi connectivity index (χ1n) is 16.3. The molecule has 0 rings (SSSR count). The van der Waals surface area contributed by atoms with Crippen molar-refractivity contribution in [3.8, 4) is 0 Å². The van der Waals surface area contributed by atoms with Crippen molar-refractivity contribution in [1.82, 2.24) is 0 Å². The third-order valence-corrected chi connectivity index (χ3v) is 9.63. The second-order valence-electron chi connectivity index (χ2n) is 19.6. The molecule has 0 amide bonds. The lowest BCUT2D eigenvalue weighted by atomic mass is 9.75. The molecule has 0 heterocycles. The van der Waals surface area contributed by atoms with E-state index in [0.29, 0.717) is 53.8 Å². The molecule has 0 fully saturated rings. The maximum Gasteiger partial charge on any atom is 0.332 e. The first kappa shape index (κ1) is 40.3. The molecule has 0 saturated carbocycles. The molecule has 0 N–H and O–H groups in total. The van der Waals surface area contributed by atoms with Crippen LogP contribution < -0.4 is 0 Å². The van der Waals surface area contributed by atoms with Gasteiger partial charge in [-0.25, -0.2) is 0 Å². The van der Waals surface area contributed by atoms with Crippen LogP contribution >= 0.6 is 8.60 Å². The van der Waals surface area contributed by atoms with E-state index >= 15 is 0 Å². The molecular weight excluding hydrogens is 511 g/mol. The van der Waals surface area contributed by atoms with E-state index in [4.69, 9.17) is 13.6 Å². The van der Waals surface area contributed by atoms with Crippen LogP contribution in [0.25, 0.3) is 0 Å². The fourth-order valence-corrected chi connectivity index (χ4v) is 5.81. The molecule has 0 aliphatic carbocycles. The van der Waals surface area contributed by atoms with Gasteiger partial charge in [0.1, 0.15) is 0 Å². The van der Waals surface area contributed by atoms with E-state index in [1.807, 2.05) is 0 Å². The Hall–Kier alpha value is 0.310. The highest BCUT2D eigenvalue weighted by Crippen LogP contribution is 2.47. The van der Waals surface area contributed by atoms with Gasteiger partial charge in [-0.3, -0.25) is 0 Å². The van der Waals surface area contributed by atoms with Crippen LogP contribution in [0, 0.1) is 50.2 Å². The molecule has 0 bridgehead atoms. The van der Waals surface area contributed by atoms with Gasteiger partial charge < -0.3 is 13.6 Å². The van der Waals surface area contributed by atoms with Crippen molar-refractivity contribution in [2.45, 2.75) is 163 Å². The molecule has 0 radical (unpaired) electrons. The summed E-state index contributed by atoms with van der Waals surface area (Å²) in [5.41, 5.74) is 1.48. The molecule has 0 aromatic carbocycles. The zero-order valence-electron chi connectivity index (χ0n) is 30.8. The van der Waals surface area contributed by atoms with Gasteiger partial charge in [-0.2, -0.15) is 0 Å². The minimum absolute atomic E-state index is 0.174. The summed E-state index contributed by atoms with van der Waals surface area (Å²) in [4.78, 5) is 0. The summed E-state index contributed by atoms with van der Waals surface area (Å²) in [6.45, 7) is 44.2. The lowest BCUT2D eigenvalue weighted by Gasteiger charge is -2.36. The monoisotopic (exact) mass is 587 g/mol. The first-order chi connectivity index (χ1) is 17.6. The zero-order valence-corrected chi connectivity index (χ0v) is 31.7. The van der Waals surface area contributed by atoms with Crippen LogP contribution in [0.3, 0.4) is 0 Å². The predicted octanol–water partition coefficient (Wildman–Crippen LogP) is 12.7. The van der Waals surface area contributed by atoms with E-state index in [0.717, 1.165) is 19.3 Å². The van der Waals surface area contributed by atoms with Gasteiger partial charge in [-0.15, -0.1) is 0 Å². The highest BCUT2D eigenvalue weighted by atomic mass is 31.2. The summed E-state index contributed by atoms with van der Waals surface area (Å²) in [5, 5.41) is 0. The summed E-state index contributed by atoms with van der Waals surface area (Å²) in [6.07, 6.45) is 7.04. The highest BCUT2D eigenvalue weighted by molar-refractivity contribution is 7.41. The van der Waals surface area contributed by atoms with Crippen molar-refractivity contribution >= 4 is 8.60 Å². The van der Waals surface area contributed by atoms with Crippen molar-refractivity contribution in [2.75, 3.05) is 19.8 Å². The lowest BCUT2D eigenvalue weighted by Crippen LogP contribution is -2.29. The molecule has 0 spiro atoms. The average Bonchev–Trinajstić information content (AvgIpc) is 2.67. The third kappa shape index (κ3) is 20.3. The van der Waals surface area contributed by atoms with Crippen molar-refractivity contribution in [3.05, 3.63) is 0 Å². The molecule has 242 valence electrons. The Kier molecular flexibility index (Phi) is 16.0. The fraction of sp³-hybridized carbons (Fsp3) is 1.00. The maximum absolute atomic E-state index is 6.63. The number of rotatable bonds is 15. The number of hydrogen-bond donors (Lipinski definition) is 0. The Bertz CT molecular complexity index is 579. The summed E-state index contributed by atoms with van der Waals surface area (Å²) >= 11 is 0. The van der Waals surface area contributed by atoms with Crippen molar-refractivity contribution in [3.63, 3.8) is 0 Å². The second-order valence-corrected chi connectivity index (χ2v) is 20.8. The minimum atomic E-state index is -1.42. The molecule has 0 aromatic heterocycles. The molecule has 0 saturated heterocycles. The molecule has 3 atom stereocenters. The predicted molar refractivity (Wildman–Crippen MR) is 180 cm³/mol. The number of hydrogen-bond acceptors (Lipinski definition) is 3. The zero-order chi connectivity index (χ0) is 31.8. The Labute approximate surface area is 255 Å². The quantitative estimate of drug-likeness (QED) is 0.179. The van der Waals surface area contributed by atoms with Gasteiger partial charge in [0.25, 0.3) is 0 Å². The summed E-state index contributed by atoms with van der Waals surface area (Å²) < 4.78 is 19.9. The van der Waals surface area contributed by atoms with E-state index < -0.39 is 8.60 Å². The van der Waals surface area contributed by atoms with Crippen LogP contribution in [0.5, 0.6) is 0 Å². The summed E-state index contributed by atoms with van der Waals surface area (Å²) in [5.74, 6) is 1.38. The van der Waals surface area contributed by atoms with Gasteiger partial charge in [0.2, 0.25) is 0 Å². The summed E-state index contributed by atoms with van der Waals surface area (Å²) in [6, 6.07) is 0. The van der Waals surface area contributed by atoms with Crippen LogP contribution in [0.1, 0.15) is 163 Å². The van der Waals surface area contributed by atoms with Crippen LogP contribution in [0.15, 0.2) is 0 Å². The summed E-state index contributed by atoms with van der Waals surface area (Å²) in [7, 11) is -1.42. The SMILES string of the molecule is CC(C)(C)CCC(COP(OCC(CCC(C)(C)C)C(C)(C)C)OCC(CCC(C)(C)C)C(C)(C)C)C(C)(C)C. The lowest BCUT2D eigenvalue weighted by molar-refractivity contribution is 0.0526. The fourth-order valence-electron chi connectivity index (χ4n) is 4.69. The molecule has 3 unspecified atom stereocenters. The van der Waals surface area contributed by atoms with E-state index in [9.17, 15) is 0 Å². The van der Waals surface area contributed by atoms with E-state index in [1.165, 1.54) is 19.3 Å². The van der Waals surface area contributed by atoms with Crippen molar-refractivity contribution in [1.29, 1.82) is 0 Å². The highest BCUT2D eigenvalue weighted by Gasteiger charge is 2.33. The van der Waals surface area contributed by atoms with E-state index in [2.05, 4.69) is 125 Å². The van der Waals surface area contributed by atoms with E-state index in [1.54, 1.807) is 0 Å². The van der Waals surface area contributed by atoms with Gasteiger partial charge in [0.15, 0.2) is 0 Å². The van der Waals surface area contributed by atoms with Gasteiger partial charge in [0, 0.05) is 0 Å². The molecule has 0 aliphatic heterocycles. The molecule has 40 heavy (non-hydrogen) atoms. The van der Waals surface area contributed by atoms with Crippen molar-refractivity contribution in [2.24, 2.45) is 50.2 Å². The second kappa shape index (κ2) is 15.9. The van der Waals surface area contributed by atoms with Gasteiger partial charge >= 0.3 is 8.60 Å². The van der Waals surface area contributed by atoms with Crippen LogP contribution in [0.2, 0.25) is 0 Å². The molecule has 4 heteroatoms. The third-order valence-electron chi connectivity index (χ3n) is 8.55.